The van der Waals surface area contributed by atoms with Crippen LogP contribution in [0.2, 0.25) is 0 Å². The van der Waals surface area contributed by atoms with E-state index in [1.807, 2.05) is 0 Å². The van der Waals surface area contributed by atoms with Gasteiger partial charge in [0, 0.05) is 18.7 Å². The zero-order valence-corrected chi connectivity index (χ0v) is 15.2. The van der Waals surface area contributed by atoms with E-state index in [9.17, 15) is 22.8 Å². The van der Waals surface area contributed by atoms with Crippen LogP contribution in [0, 0.1) is 5.92 Å². The Morgan fingerprint density at radius 2 is 1.93 bits per heavy atom. The maximum Gasteiger partial charge on any atom is 0.416 e. The Labute approximate surface area is 154 Å². The standard InChI is InChI=1S/C19H20F3NO4/c1-4-23(11-12(2)18(25)26-3)17(24)16-9-8-15(27-16)13-6-5-7-14(10-13)19(20,21)22/h5-10,12H,4,11H2,1-3H3. The molecule has 146 valence electrons. The van der Waals surface area contributed by atoms with Crippen LogP contribution in [0.3, 0.4) is 0 Å². The first-order chi connectivity index (χ1) is 12.7. The number of hydrogen-bond donors (Lipinski definition) is 0. The molecule has 5 nitrogen and oxygen atoms in total. The predicted molar refractivity (Wildman–Crippen MR) is 91.9 cm³/mol. The summed E-state index contributed by atoms with van der Waals surface area (Å²) in [5, 5.41) is 0. The van der Waals surface area contributed by atoms with E-state index in [2.05, 4.69) is 4.74 Å². The van der Waals surface area contributed by atoms with E-state index in [1.54, 1.807) is 13.8 Å². The van der Waals surface area contributed by atoms with Crippen molar-refractivity contribution in [3.63, 3.8) is 0 Å². The number of rotatable bonds is 6. The van der Waals surface area contributed by atoms with E-state index >= 15 is 0 Å². The fraction of sp³-hybridized carbons (Fsp3) is 0.368. The molecule has 0 aliphatic rings. The number of carbonyl (C=O) groups is 2. The van der Waals surface area contributed by atoms with Crippen molar-refractivity contribution in [2.24, 2.45) is 5.92 Å². The van der Waals surface area contributed by atoms with Gasteiger partial charge in [0.25, 0.3) is 5.91 Å². The fourth-order valence-electron chi connectivity index (χ4n) is 2.57. The van der Waals surface area contributed by atoms with E-state index in [0.717, 1.165) is 12.1 Å². The molecule has 1 aromatic heterocycles. The summed E-state index contributed by atoms with van der Waals surface area (Å²) in [4.78, 5) is 25.6. The van der Waals surface area contributed by atoms with E-state index in [4.69, 9.17) is 4.42 Å². The minimum absolute atomic E-state index is 0.0127. The molecule has 0 aliphatic carbocycles. The molecule has 2 rings (SSSR count). The van der Waals surface area contributed by atoms with Crippen LogP contribution in [0.4, 0.5) is 13.2 Å². The molecule has 0 fully saturated rings. The van der Waals surface area contributed by atoms with Gasteiger partial charge in [-0.25, -0.2) is 0 Å². The molecule has 0 bridgehead atoms. The summed E-state index contributed by atoms with van der Waals surface area (Å²) < 4.78 is 48.7. The van der Waals surface area contributed by atoms with Crippen molar-refractivity contribution < 1.29 is 31.9 Å². The van der Waals surface area contributed by atoms with Crippen LogP contribution < -0.4 is 0 Å². The van der Waals surface area contributed by atoms with Gasteiger partial charge >= 0.3 is 12.1 Å². The fourth-order valence-corrected chi connectivity index (χ4v) is 2.57. The molecule has 1 amide bonds. The van der Waals surface area contributed by atoms with Gasteiger partial charge in [-0.05, 0) is 31.2 Å². The SMILES string of the molecule is CCN(CC(C)C(=O)OC)C(=O)c1ccc(-c2cccc(C(F)(F)F)c2)o1. The van der Waals surface area contributed by atoms with Gasteiger partial charge in [0.05, 0.1) is 18.6 Å². The second-order valence-corrected chi connectivity index (χ2v) is 6.01. The molecule has 27 heavy (non-hydrogen) atoms. The third-order valence-corrected chi connectivity index (χ3v) is 4.06. The molecule has 1 atom stereocenters. The molecule has 0 N–H and O–H groups in total. The molecule has 1 heterocycles. The number of ether oxygens (including phenoxy) is 1. The number of amides is 1. The molecule has 8 heteroatoms. The highest BCUT2D eigenvalue weighted by molar-refractivity contribution is 5.92. The lowest BCUT2D eigenvalue weighted by Crippen LogP contribution is -2.36. The highest BCUT2D eigenvalue weighted by Crippen LogP contribution is 2.32. The first kappa shape index (κ1) is 20.5. The van der Waals surface area contributed by atoms with Gasteiger partial charge < -0.3 is 14.1 Å². The number of carbonyl (C=O) groups excluding carboxylic acids is 2. The van der Waals surface area contributed by atoms with Gasteiger partial charge in [-0.15, -0.1) is 0 Å². The van der Waals surface area contributed by atoms with Crippen molar-refractivity contribution in [3.05, 3.63) is 47.7 Å². The summed E-state index contributed by atoms with van der Waals surface area (Å²) in [5.41, 5.74) is -0.582. The minimum Gasteiger partial charge on any atom is -0.469 e. The van der Waals surface area contributed by atoms with E-state index in [-0.39, 0.29) is 23.6 Å². The van der Waals surface area contributed by atoms with Crippen LogP contribution >= 0.6 is 0 Å². The molecule has 0 spiro atoms. The van der Waals surface area contributed by atoms with Crippen molar-refractivity contribution in [2.45, 2.75) is 20.0 Å². The lowest BCUT2D eigenvalue weighted by atomic mass is 10.1. The van der Waals surface area contributed by atoms with E-state index < -0.39 is 29.5 Å². The Kier molecular flexibility index (Phi) is 6.30. The average Bonchev–Trinajstić information content (AvgIpc) is 3.14. The number of nitrogens with zero attached hydrogens (tertiary/aromatic N) is 1. The minimum atomic E-state index is -4.47. The van der Waals surface area contributed by atoms with Crippen LogP contribution in [-0.2, 0) is 15.7 Å². The summed E-state index contributed by atoms with van der Waals surface area (Å²) in [6.45, 7) is 3.86. The number of hydrogen-bond acceptors (Lipinski definition) is 4. The Morgan fingerprint density at radius 1 is 1.22 bits per heavy atom. The zero-order chi connectivity index (χ0) is 20.2. The predicted octanol–water partition coefficient (Wildman–Crippen LogP) is 4.24. The highest BCUT2D eigenvalue weighted by Gasteiger charge is 2.31. The summed E-state index contributed by atoms with van der Waals surface area (Å²) in [7, 11) is 1.27. The highest BCUT2D eigenvalue weighted by atomic mass is 19.4. The molecule has 0 radical (unpaired) electrons. The number of methoxy groups -OCH3 is 1. The third kappa shape index (κ3) is 4.90. The summed E-state index contributed by atoms with van der Waals surface area (Å²) in [6.07, 6.45) is -4.47. The van der Waals surface area contributed by atoms with Crippen molar-refractivity contribution in [1.29, 1.82) is 0 Å². The van der Waals surface area contributed by atoms with Crippen LogP contribution in [0.25, 0.3) is 11.3 Å². The van der Waals surface area contributed by atoms with Crippen LogP contribution in [0.15, 0.2) is 40.8 Å². The normalized spacial score (nSPS) is 12.5. The number of furan rings is 1. The lowest BCUT2D eigenvalue weighted by Gasteiger charge is -2.22. The van der Waals surface area contributed by atoms with Gasteiger partial charge in [0.2, 0.25) is 0 Å². The Morgan fingerprint density at radius 3 is 2.52 bits per heavy atom. The maximum atomic E-state index is 12.9. The Bertz CT molecular complexity index is 813. The van der Waals surface area contributed by atoms with Crippen LogP contribution in [-0.4, -0.2) is 37.0 Å². The molecule has 0 saturated carbocycles. The van der Waals surface area contributed by atoms with Gasteiger partial charge in [-0.3, -0.25) is 9.59 Å². The maximum absolute atomic E-state index is 12.9. The topological polar surface area (TPSA) is 59.8 Å². The monoisotopic (exact) mass is 383 g/mol. The Balaban J connectivity index is 2.21. The van der Waals surface area contributed by atoms with Crippen LogP contribution in [0.5, 0.6) is 0 Å². The number of benzene rings is 1. The summed E-state index contributed by atoms with van der Waals surface area (Å²) >= 11 is 0. The van der Waals surface area contributed by atoms with Gasteiger partial charge in [-0.1, -0.05) is 19.1 Å². The first-order valence-electron chi connectivity index (χ1n) is 8.32. The van der Waals surface area contributed by atoms with Gasteiger partial charge in [0.1, 0.15) is 5.76 Å². The molecule has 0 aliphatic heterocycles. The number of halogens is 3. The lowest BCUT2D eigenvalue weighted by molar-refractivity contribution is -0.145. The largest absolute Gasteiger partial charge is 0.469 e. The molecule has 1 unspecified atom stereocenters. The summed E-state index contributed by atoms with van der Waals surface area (Å²) in [6, 6.07) is 7.52. The third-order valence-electron chi connectivity index (χ3n) is 4.06. The second-order valence-electron chi connectivity index (χ2n) is 6.01. The number of alkyl halides is 3. The first-order valence-corrected chi connectivity index (χ1v) is 8.32. The molecular formula is C19H20F3NO4. The second kappa shape index (κ2) is 8.28. The smallest absolute Gasteiger partial charge is 0.416 e. The van der Waals surface area contributed by atoms with Gasteiger partial charge in [0.15, 0.2) is 5.76 Å². The zero-order valence-electron chi connectivity index (χ0n) is 15.2. The molecule has 2 aromatic rings. The van der Waals surface area contributed by atoms with Crippen molar-refractivity contribution in [1.82, 2.24) is 4.90 Å². The van der Waals surface area contributed by atoms with Crippen molar-refractivity contribution in [3.8, 4) is 11.3 Å². The van der Waals surface area contributed by atoms with E-state index in [0.29, 0.717) is 6.54 Å². The summed E-state index contributed by atoms with van der Waals surface area (Å²) in [5.74, 6) is -1.27. The molecular weight excluding hydrogens is 363 g/mol. The average molecular weight is 383 g/mol. The quantitative estimate of drug-likeness (QED) is 0.700. The van der Waals surface area contributed by atoms with Gasteiger partial charge in [-0.2, -0.15) is 13.2 Å². The van der Waals surface area contributed by atoms with E-state index in [1.165, 1.54) is 36.3 Å². The van der Waals surface area contributed by atoms with Crippen molar-refractivity contribution in [2.75, 3.05) is 20.2 Å². The van der Waals surface area contributed by atoms with Crippen LogP contribution in [0.1, 0.15) is 30.0 Å². The Hall–Kier alpha value is -2.77. The number of esters is 1. The molecule has 1 aromatic carbocycles. The van der Waals surface area contributed by atoms with Crippen molar-refractivity contribution >= 4 is 11.9 Å². The molecule has 0 saturated heterocycles.